The summed E-state index contributed by atoms with van der Waals surface area (Å²) in [7, 11) is 0. The van der Waals surface area contributed by atoms with E-state index in [9.17, 15) is 31.1 Å². The van der Waals surface area contributed by atoms with Gasteiger partial charge in [0.1, 0.15) is 24.8 Å². The Balaban J connectivity index is 1.73. The molecule has 0 radical (unpaired) electrons. The minimum absolute atomic E-state index is 0.143. The molecule has 1 aliphatic heterocycles. The molecule has 2 N–H and O–H groups in total. The smallest absolute Gasteiger partial charge is 0.417 e. The van der Waals surface area contributed by atoms with E-state index in [0.29, 0.717) is 17.5 Å². The molecule has 3 rings (SSSR count). The molecule has 35 heavy (non-hydrogen) atoms. The van der Waals surface area contributed by atoms with Gasteiger partial charge in [-0.15, -0.1) is 0 Å². The molecule has 1 heterocycles. The van der Waals surface area contributed by atoms with Crippen molar-refractivity contribution in [2.24, 2.45) is 0 Å². The van der Waals surface area contributed by atoms with Crippen LogP contribution in [0.15, 0.2) is 42.5 Å². The molecular formula is C23H18F6N4O2. The minimum Gasteiger partial charge on any atom is -0.492 e. The van der Waals surface area contributed by atoms with Gasteiger partial charge in [0.15, 0.2) is 0 Å². The third-order valence-electron chi connectivity index (χ3n) is 5.44. The van der Waals surface area contributed by atoms with E-state index in [4.69, 9.17) is 15.3 Å². The number of rotatable bonds is 6. The van der Waals surface area contributed by atoms with Gasteiger partial charge < -0.3 is 10.1 Å². The molecule has 184 valence electrons. The zero-order chi connectivity index (χ0) is 25.8. The first-order valence-electron chi connectivity index (χ1n) is 10.3. The molecule has 0 aromatic heterocycles. The number of amides is 1. The molecule has 0 saturated carbocycles. The van der Waals surface area contributed by atoms with Crippen LogP contribution in [0.4, 0.5) is 32.0 Å². The third-order valence-corrected chi connectivity index (χ3v) is 5.44. The van der Waals surface area contributed by atoms with Crippen molar-refractivity contribution in [1.29, 1.82) is 10.5 Å². The van der Waals surface area contributed by atoms with E-state index >= 15 is 0 Å². The van der Waals surface area contributed by atoms with Crippen molar-refractivity contribution >= 4 is 11.6 Å². The first kappa shape index (κ1) is 25.8. The number of nitriles is 2. The van der Waals surface area contributed by atoms with Crippen molar-refractivity contribution in [3.63, 3.8) is 0 Å². The number of alkyl halides is 6. The van der Waals surface area contributed by atoms with E-state index in [1.807, 2.05) is 0 Å². The zero-order valence-corrected chi connectivity index (χ0v) is 17.9. The summed E-state index contributed by atoms with van der Waals surface area (Å²) in [6, 6.07) is 8.74. The number of hydrogen-bond donors (Lipinski definition) is 2. The molecular weight excluding hydrogens is 478 g/mol. The van der Waals surface area contributed by atoms with Crippen molar-refractivity contribution in [3.05, 3.63) is 59.2 Å². The maximum Gasteiger partial charge on any atom is 0.417 e. The van der Waals surface area contributed by atoms with Gasteiger partial charge in [-0.3, -0.25) is 10.1 Å². The van der Waals surface area contributed by atoms with Gasteiger partial charge in [0.2, 0.25) is 5.91 Å². The molecule has 12 heteroatoms. The van der Waals surface area contributed by atoms with Crippen molar-refractivity contribution in [3.8, 4) is 17.9 Å². The van der Waals surface area contributed by atoms with Crippen LogP contribution in [0.1, 0.15) is 35.4 Å². The summed E-state index contributed by atoms with van der Waals surface area (Å²) >= 11 is 0. The van der Waals surface area contributed by atoms with Gasteiger partial charge in [-0.25, -0.2) is 0 Å². The number of anilines is 1. The number of hydrogen-bond acceptors (Lipinski definition) is 5. The summed E-state index contributed by atoms with van der Waals surface area (Å²) < 4.78 is 86.5. The number of benzene rings is 2. The summed E-state index contributed by atoms with van der Waals surface area (Å²) in [5.41, 5.74) is -1.72. The van der Waals surface area contributed by atoms with E-state index < -0.39 is 47.4 Å². The van der Waals surface area contributed by atoms with Crippen LogP contribution in [0.5, 0.6) is 5.75 Å². The van der Waals surface area contributed by atoms with E-state index in [0.717, 1.165) is 12.1 Å². The lowest BCUT2D eigenvalue weighted by Gasteiger charge is -2.23. The highest BCUT2D eigenvalue weighted by Gasteiger charge is 2.51. The maximum absolute atomic E-state index is 13.7. The summed E-state index contributed by atoms with van der Waals surface area (Å²) in [6.45, 7) is -0.189. The minimum atomic E-state index is -4.89. The summed E-state index contributed by atoms with van der Waals surface area (Å²) in [6.07, 6.45) is -10.1. The Morgan fingerprint density at radius 1 is 1.09 bits per heavy atom. The number of nitrogens with one attached hydrogen (secondary N) is 2. The Labute approximate surface area is 196 Å². The van der Waals surface area contributed by atoms with Gasteiger partial charge in [-0.1, -0.05) is 6.07 Å². The average molecular weight is 496 g/mol. The fourth-order valence-electron chi connectivity index (χ4n) is 3.88. The fourth-order valence-corrected chi connectivity index (χ4v) is 3.88. The Hall–Kier alpha value is -3.77. The van der Waals surface area contributed by atoms with E-state index in [1.165, 1.54) is 30.3 Å². The van der Waals surface area contributed by atoms with Crippen LogP contribution in [0.3, 0.4) is 0 Å². The van der Waals surface area contributed by atoms with Crippen LogP contribution in [0.25, 0.3) is 0 Å². The lowest BCUT2D eigenvalue weighted by Crippen LogP contribution is -2.44. The number of carbonyl (C=O) groups is 1. The first-order valence-corrected chi connectivity index (χ1v) is 10.3. The predicted molar refractivity (Wildman–Crippen MR) is 111 cm³/mol. The molecule has 3 atom stereocenters. The van der Waals surface area contributed by atoms with Crippen molar-refractivity contribution in [2.75, 3.05) is 11.9 Å². The normalized spacial score (nSPS) is 20.1. The van der Waals surface area contributed by atoms with Gasteiger partial charge >= 0.3 is 12.4 Å². The molecule has 2 aromatic carbocycles. The average Bonchev–Trinajstić information content (AvgIpc) is 3.23. The predicted octanol–water partition coefficient (Wildman–Crippen LogP) is 4.88. The van der Waals surface area contributed by atoms with Crippen LogP contribution < -0.4 is 15.4 Å². The Morgan fingerprint density at radius 2 is 1.77 bits per heavy atom. The molecule has 1 saturated heterocycles. The SMILES string of the molecule is N#CCC(=O)Nc1ccc(OCC2CC(c3ccc(C#N)c(C(F)(F)F)c3)C(C(F)(F)F)N2)cc1. The van der Waals surface area contributed by atoms with Crippen LogP contribution in [0, 0.1) is 22.7 Å². The largest absolute Gasteiger partial charge is 0.492 e. The van der Waals surface area contributed by atoms with Crippen LogP contribution in [-0.2, 0) is 11.0 Å². The Kier molecular flexibility index (Phi) is 7.56. The van der Waals surface area contributed by atoms with E-state index in [-0.39, 0.29) is 25.0 Å². The van der Waals surface area contributed by atoms with Crippen LogP contribution in [-0.4, -0.2) is 30.8 Å². The second-order valence-electron chi connectivity index (χ2n) is 7.86. The standard InChI is InChI=1S/C23H18F6N4O2/c24-22(25,26)19-9-13(1-2-14(19)11-31)18-10-16(33-21(18)23(27,28)29)12-35-17-5-3-15(4-6-17)32-20(34)7-8-30/h1-6,9,16,18,21,33H,7,10,12H2,(H,32,34). The van der Waals surface area contributed by atoms with Crippen molar-refractivity contribution in [2.45, 2.75) is 43.2 Å². The molecule has 0 bridgehead atoms. The van der Waals surface area contributed by atoms with E-state index in [2.05, 4.69) is 10.6 Å². The van der Waals surface area contributed by atoms with Crippen molar-refractivity contribution in [1.82, 2.24) is 5.32 Å². The number of ether oxygens (including phenoxy) is 1. The van der Waals surface area contributed by atoms with Gasteiger partial charge in [-0.2, -0.15) is 36.9 Å². The molecule has 1 amide bonds. The van der Waals surface area contributed by atoms with Crippen LogP contribution in [0.2, 0.25) is 0 Å². The van der Waals surface area contributed by atoms with Gasteiger partial charge in [0.05, 0.1) is 23.3 Å². The molecule has 6 nitrogen and oxygen atoms in total. The molecule has 1 aliphatic rings. The second-order valence-corrected chi connectivity index (χ2v) is 7.86. The van der Waals surface area contributed by atoms with Gasteiger partial charge in [-0.05, 0) is 48.4 Å². The van der Waals surface area contributed by atoms with Crippen molar-refractivity contribution < 1.29 is 35.9 Å². The highest BCUT2D eigenvalue weighted by molar-refractivity contribution is 5.92. The summed E-state index contributed by atoms with van der Waals surface area (Å²) in [5, 5.41) is 22.3. The quantitative estimate of drug-likeness (QED) is 0.556. The lowest BCUT2D eigenvalue weighted by molar-refractivity contribution is -0.156. The highest BCUT2D eigenvalue weighted by atomic mass is 19.4. The molecule has 3 unspecified atom stereocenters. The zero-order valence-electron chi connectivity index (χ0n) is 17.9. The lowest BCUT2D eigenvalue weighted by atomic mass is 9.88. The second kappa shape index (κ2) is 10.2. The van der Waals surface area contributed by atoms with Crippen LogP contribution >= 0.6 is 0 Å². The highest BCUT2D eigenvalue weighted by Crippen LogP contribution is 2.42. The molecule has 0 aliphatic carbocycles. The van der Waals surface area contributed by atoms with E-state index in [1.54, 1.807) is 6.07 Å². The third kappa shape index (κ3) is 6.43. The summed E-state index contributed by atoms with van der Waals surface area (Å²) in [4.78, 5) is 11.4. The number of halogens is 6. The number of nitrogens with zero attached hydrogens (tertiary/aromatic N) is 2. The fraction of sp³-hybridized carbons (Fsp3) is 0.348. The monoisotopic (exact) mass is 496 g/mol. The van der Waals surface area contributed by atoms with Gasteiger partial charge in [0.25, 0.3) is 0 Å². The molecule has 1 fully saturated rings. The Bertz CT molecular complexity index is 1150. The Morgan fingerprint density at radius 3 is 2.34 bits per heavy atom. The topological polar surface area (TPSA) is 97.9 Å². The molecule has 2 aromatic rings. The first-order chi connectivity index (χ1) is 16.4. The maximum atomic E-state index is 13.7. The number of carbonyl (C=O) groups excluding carboxylic acids is 1. The summed E-state index contributed by atoms with van der Waals surface area (Å²) in [5.74, 6) is -1.51. The van der Waals surface area contributed by atoms with Gasteiger partial charge in [0, 0.05) is 17.6 Å². The molecule has 0 spiro atoms.